The van der Waals surface area contributed by atoms with E-state index in [1.165, 1.54) is 19.3 Å². The average molecular weight is 380 g/mol. The van der Waals surface area contributed by atoms with E-state index in [9.17, 15) is 4.79 Å². The standard InChI is InChI=1S/C23H29N3O2/c1-23(2)18-8-7-17(20(23)13-18)15-28-26-22(27)19-5-3-4-6-21(19)25-14-16-9-11-24-12-10-16/h3-6,9-12,17-18,20,25H,7-8,13-15H2,1-2H3,(H,26,27)/t17-,18+,20-/m0/s1. The Morgan fingerprint density at radius 2 is 1.96 bits per heavy atom. The maximum Gasteiger partial charge on any atom is 0.276 e. The minimum Gasteiger partial charge on any atom is -0.380 e. The van der Waals surface area contributed by atoms with Crippen molar-refractivity contribution in [1.29, 1.82) is 0 Å². The summed E-state index contributed by atoms with van der Waals surface area (Å²) in [6.07, 6.45) is 7.34. The number of nitrogens with zero attached hydrogens (tertiary/aromatic N) is 1. The molecule has 0 spiro atoms. The van der Waals surface area contributed by atoms with E-state index in [4.69, 9.17) is 4.84 Å². The highest BCUT2D eigenvalue weighted by Crippen LogP contribution is 2.61. The van der Waals surface area contributed by atoms with Crippen LogP contribution in [-0.2, 0) is 11.4 Å². The Morgan fingerprint density at radius 3 is 2.71 bits per heavy atom. The fraction of sp³-hybridized carbons (Fsp3) is 0.478. The Balaban J connectivity index is 1.31. The molecule has 0 saturated heterocycles. The first kappa shape index (κ1) is 18.9. The summed E-state index contributed by atoms with van der Waals surface area (Å²) in [6, 6.07) is 11.4. The van der Waals surface area contributed by atoms with Crippen LogP contribution >= 0.6 is 0 Å². The second-order valence-electron chi connectivity index (χ2n) is 8.69. The van der Waals surface area contributed by atoms with Crippen LogP contribution in [0.25, 0.3) is 0 Å². The minimum absolute atomic E-state index is 0.209. The number of hydrogen-bond donors (Lipinski definition) is 2. The van der Waals surface area contributed by atoms with Crippen LogP contribution in [-0.4, -0.2) is 17.5 Å². The highest BCUT2D eigenvalue weighted by atomic mass is 16.7. The molecular formula is C23H29N3O2. The largest absolute Gasteiger partial charge is 0.380 e. The molecule has 1 aromatic carbocycles. The van der Waals surface area contributed by atoms with Crippen molar-refractivity contribution in [2.45, 2.75) is 39.7 Å². The summed E-state index contributed by atoms with van der Waals surface area (Å²) in [7, 11) is 0. The van der Waals surface area contributed by atoms with E-state index in [1.807, 2.05) is 36.4 Å². The Kier molecular flexibility index (Phi) is 5.36. The molecule has 3 fully saturated rings. The molecule has 2 aromatic rings. The molecule has 0 aliphatic heterocycles. The Bertz CT molecular complexity index is 820. The van der Waals surface area contributed by atoms with Crippen LogP contribution in [0.5, 0.6) is 0 Å². The fourth-order valence-corrected chi connectivity index (χ4v) is 4.96. The minimum atomic E-state index is -0.209. The first-order valence-corrected chi connectivity index (χ1v) is 10.2. The lowest BCUT2D eigenvalue weighted by Gasteiger charge is -2.60. The summed E-state index contributed by atoms with van der Waals surface area (Å²) < 4.78 is 0. The van der Waals surface area contributed by atoms with E-state index in [-0.39, 0.29) is 5.91 Å². The van der Waals surface area contributed by atoms with Gasteiger partial charge >= 0.3 is 0 Å². The van der Waals surface area contributed by atoms with Gasteiger partial charge in [-0.3, -0.25) is 14.6 Å². The van der Waals surface area contributed by atoms with Crippen molar-refractivity contribution in [3.8, 4) is 0 Å². The number of benzene rings is 1. The fourth-order valence-electron chi connectivity index (χ4n) is 4.96. The van der Waals surface area contributed by atoms with Crippen LogP contribution in [0.2, 0.25) is 0 Å². The molecule has 148 valence electrons. The second kappa shape index (κ2) is 7.92. The van der Waals surface area contributed by atoms with Gasteiger partial charge in [0.25, 0.3) is 5.91 Å². The van der Waals surface area contributed by atoms with Crippen LogP contribution in [0, 0.1) is 23.2 Å². The lowest BCUT2D eigenvalue weighted by atomic mass is 9.46. The van der Waals surface area contributed by atoms with Gasteiger partial charge in [-0.25, -0.2) is 5.48 Å². The lowest BCUT2D eigenvalue weighted by molar-refractivity contribution is -0.130. The molecule has 5 heteroatoms. The lowest BCUT2D eigenvalue weighted by Crippen LogP contribution is -2.53. The number of amides is 1. The number of anilines is 1. The van der Waals surface area contributed by atoms with Crippen molar-refractivity contribution in [3.05, 3.63) is 59.9 Å². The quantitative estimate of drug-likeness (QED) is 0.699. The number of para-hydroxylation sites is 1. The van der Waals surface area contributed by atoms with Crippen LogP contribution in [0.15, 0.2) is 48.8 Å². The molecule has 0 unspecified atom stereocenters. The third-order valence-corrected chi connectivity index (χ3v) is 6.87. The van der Waals surface area contributed by atoms with Gasteiger partial charge in [-0.1, -0.05) is 26.0 Å². The Hall–Kier alpha value is -2.40. The van der Waals surface area contributed by atoms with Crippen LogP contribution in [0.4, 0.5) is 5.69 Å². The molecule has 1 heterocycles. The summed E-state index contributed by atoms with van der Waals surface area (Å²) in [5, 5.41) is 3.33. The van der Waals surface area contributed by atoms with Gasteiger partial charge in [-0.2, -0.15) is 0 Å². The SMILES string of the molecule is CC1(C)[C@@H]2CC[C@@H](CONC(=O)c3ccccc3NCc3ccncc3)[C@@H]1C2. The molecule has 5 nitrogen and oxygen atoms in total. The average Bonchev–Trinajstić information content (AvgIpc) is 2.73. The zero-order valence-electron chi connectivity index (χ0n) is 16.7. The summed E-state index contributed by atoms with van der Waals surface area (Å²) in [5.74, 6) is 1.93. The zero-order valence-corrected chi connectivity index (χ0v) is 16.7. The van der Waals surface area contributed by atoms with Crippen molar-refractivity contribution in [3.63, 3.8) is 0 Å². The number of hydroxylamine groups is 1. The van der Waals surface area contributed by atoms with Crippen LogP contribution in [0.3, 0.4) is 0 Å². The van der Waals surface area contributed by atoms with Crippen molar-refractivity contribution in [1.82, 2.24) is 10.5 Å². The molecule has 2 N–H and O–H groups in total. The Morgan fingerprint density at radius 1 is 1.18 bits per heavy atom. The summed E-state index contributed by atoms with van der Waals surface area (Å²) in [4.78, 5) is 22.3. The van der Waals surface area contributed by atoms with Gasteiger partial charge in [-0.05, 0) is 72.3 Å². The highest BCUT2D eigenvalue weighted by Gasteiger charge is 2.54. The molecule has 1 amide bonds. The predicted molar refractivity (Wildman–Crippen MR) is 110 cm³/mol. The van der Waals surface area contributed by atoms with E-state index in [0.29, 0.717) is 30.0 Å². The number of aromatic nitrogens is 1. The van der Waals surface area contributed by atoms with Crippen LogP contribution in [0.1, 0.15) is 49.0 Å². The predicted octanol–water partition coefficient (Wildman–Crippen LogP) is 4.43. The van der Waals surface area contributed by atoms with E-state index < -0.39 is 0 Å². The molecule has 28 heavy (non-hydrogen) atoms. The number of carbonyl (C=O) groups excluding carboxylic acids is 1. The normalized spacial score (nSPS) is 24.9. The van der Waals surface area contributed by atoms with E-state index in [2.05, 4.69) is 29.6 Å². The second-order valence-corrected chi connectivity index (χ2v) is 8.69. The molecular weight excluding hydrogens is 350 g/mol. The Labute approximate surface area is 166 Å². The van der Waals surface area contributed by atoms with E-state index in [0.717, 1.165) is 23.1 Å². The molecule has 2 bridgehead atoms. The zero-order chi connectivity index (χ0) is 19.6. The first-order valence-electron chi connectivity index (χ1n) is 10.2. The van der Waals surface area contributed by atoms with E-state index >= 15 is 0 Å². The van der Waals surface area contributed by atoms with Gasteiger partial charge in [-0.15, -0.1) is 0 Å². The van der Waals surface area contributed by atoms with Gasteiger partial charge in [0.05, 0.1) is 12.2 Å². The highest BCUT2D eigenvalue weighted by molar-refractivity contribution is 5.98. The maximum atomic E-state index is 12.7. The molecule has 3 aliphatic carbocycles. The summed E-state index contributed by atoms with van der Waals surface area (Å²) in [6.45, 7) is 5.98. The number of carbonyl (C=O) groups is 1. The topological polar surface area (TPSA) is 63.2 Å². The molecule has 3 saturated carbocycles. The van der Waals surface area contributed by atoms with Crippen molar-refractivity contribution in [2.24, 2.45) is 23.2 Å². The third-order valence-electron chi connectivity index (χ3n) is 6.87. The van der Waals surface area contributed by atoms with Crippen molar-refractivity contribution < 1.29 is 9.63 Å². The maximum absolute atomic E-state index is 12.7. The van der Waals surface area contributed by atoms with Gasteiger partial charge in [0.15, 0.2) is 0 Å². The van der Waals surface area contributed by atoms with E-state index in [1.54, 1.807) is 12.4 Å². The van der Waals surface area contributed by atoms with Crippen LogP contribution < -0.4 is 10.8 Å². The summed E-state index contributed by atoms with van der Waals surface area (Å²) in [5.41, 5.74) is 5.58. The molecule has 0 radical (unpaired) electrons. The molecule has 3 aliphatic rings. The van der Waals surface area contributed by atoms with Crippen molar-refractivity contribution in [2.75, 3.05) is 11.9 Å². The number of pyridine rings is 1. The summed E-state index contributed by atoms with van der Waals surface area (Å²) >= 11 is 0. The van der Waals surface area contributed by atoms with Gasteiger partial charge in [0.1, 0.15) is 0 Å². The molecule has 5 rings (SSSR count). The molecule has 3 atom stereocenters. The monoisotopic (exact) mass is 379 g/mol. The number of rotatable bonds is 7. The molecule has 1 aromatic heterocycles. The van der Waals surface area contributed by atoms with Gasteiger partial charge < -0.3 is 5.32 Å². The number of fused-ring (bicyclic) bond motifs is 2. The van der Waals surface area contributed by atoms with Crippen molar-refractivity contribution >= 4 is 11.6 Å². The number of hydrogen-bond acceptors (Lipinski definition) is 4. The third kappa shape index (κ3) is 3.76. The first-order chi connectivity index (χ1) is 13.6. The van der Waals surface area contributed by atoms with Gasteiger partial charge in [0.2, 0.25) is 0 Å². The number of nitrogens with one attached hydrogen (secondary N) is 2. The van der Waals surface area contributed by atoms with Gasteiger partial charge in [0, 0.05) is 24.6 Å². The smallest absolute Gasteiger partial charge is 0.276 e.